The fraction of sp³-hybridized carbons (Fsp3) is 0.400. The summed E-state index contributed by atoms with van der Waals surface area (Å²) in [5.41, 5.74) is 12.5. The molecule has 1 aliphatic heterocycles. The first-order valence-corrected chi connectivity index (χ1v) is 8.47. The standard InChI is InChI=1S/C20H26N2/c1-2-16-6-8-17(9-7-16)14-18-10-11-20(19(21)15-18)22-12-4-3-5-13-22/h6-11,15H,2-5,12-14,21H2,1H3. The highest BCUT2D eigenvalue weighted by Gasteiger charge is 2.13. The summed E-state index contributed by atoms with van der Waals surface area (Å²) in [4.78, 5) is 2.43. The molecule has 1 heterocycles. The van der Waals surface area contributed by atoms with Crippen molar-refractivity contribution in [3.05, 3.63) is 59.2 Å². The second-order valence-corrected chi connectivity index (χ2v) is 6.29. The Labute approximate surface area is 134 Å². The Morgan fingerprint density at radius 3 is 2.14 bits per heavy atom. The van der Waals surface area contributed by atoms with Gasteiger partial charge in [-0.1, -0.05) is 37.3 Å². The highest BCUT2D eigenvalue weighted by Crippen LogP contribution is 2.28. The molecule has 0 aliphatic carbocycles. The van der Waals surface area contributed by atoms with Crippen molar-refractivity contribution < 1.29 is 0 Å². The van der Waals surface area contributed by atoms with Crippen molar-refractivity contribution >= 4 is 11.4 Å². The molecule has 0 atom stereocenters. The van der Waals surface area contributed by atoms with Crippen molar-refractivity contribution in [2.45, 2.75) is 39.0 Å². The van der Waals surface area contributed by atoms with Gasteiger partial charge in [0.15, 0.2) is 0 Å². The van der Waals surface area contributed by atoms with E-state index in [0.717, 1.165) is 31.6 Å². The molecule has 0 unspecified atom stereocenters. The summed E-state index contributed by atoms with van der Waals surface area (Å²) < 4.78 is 0. The van der Waals surface area contributed by atoms with Crippen molar-refractivity contribution in [1.82, 2.24) is 0 Å². The Balaban J connectivity index is 1.73. The van der Waals surface area contributed by atoms with Crippen LogP contribution in [0.25, 0.3) is 0 Å². The van der Waals surface area contributed by atoms with E-state index in [0.29, 0.717) is 0 Å². The third kappa shape index (κ3) is 3.44. The molecule has 1 saturated heterocycles. The van der Waals surface area contributed by atoms with E-state index in [1.165, 1.54) is 41.6 Å². The zero-order valence-electron chi connectivity index (χ0n) is 13.5. The number of benzene rings is 2. The molecular formula is C20H26N2. The summed E-state index contributed by atoms with van der Waals surface area (Å²) >= 11 is 0. The molecule has 0 radical (unpaired) electrons. The number of nitrogens with zero attached hydrogens (tertiary/aromatic N) is 1. The number of nitrogen functional groups attached to an aromatic ring is 1. The molecule has 2 aromatic carbocycles. The van der Waals surface area contributed by atoms with E-state index >= 15 is 0 Å². The average molecular weight is 294 g/mol. The first-order chi connectivity index (χ1) is 10.8. The summed E-state index contributed by atoms with van der Waals surface area (Å²) in [5, 5.41) is 0. The number of piperidine rings is 1. The molecule has 116 valence electrons. The zero-order valence-corrected chi connectivity index (χ0v) is 13.5. The van der Waals surface area contributed by atoms with Gasteiger partial charge in [0.1, 0.15) is 0 Å². The predicted molar refractivity (Wildman–Crippen MR) is 95.5 cm³/mol. The number of rotatable bonds is 4. The number of aryl methyl sites for hydroxylation is 1. The number of nitrogens with two attached hydrogens (primary N) is 1. The number of hydrogen-bond acceptors (Lipinski definition) is 2. The van der Waals surface area contributed by atoms with Gasteiger partial charge in [0.2, 0.25) is 0 Å². The Kier molecular flexibility index (Phi) is 4.67. The van der Waals surface area contributed by atoms with Crippen LogP contribution in [0.3, 0.4) is 0 Å². The molecule has 2 aromatic rings. The van der Waals surface area contributed by atoms with Gasteiger partial charge in [0.25, 0.3) is 0 Å². The van der Waals surface area contributed by atoms with Crippen LogP contribution in [0.1, 0.15) is 42.9 Å². The topological polar surface area (TPSA) is 29.3 Å². The van der Waals surface area contributed by atoms with Crippen LogP contribution < -0.4 is 10.6 Å². The number of anilines is 2. The zero-order chi connectivity index (χ0) is 15.4. The molecule has 22 heavy (non-hydrogen) atoms. The highest BCUT2D eigenvalue weighted by molar-refractivity contribution is 5.68. The largest absolute Gasteiger partial charge is 0.397 e. The lowest BCUT2D eigenvalue weighted by molar-refractivity contribution is 0.578. The van der Waals surface area contributed by atoms with Crippen molar-refractivity contribution in [2.75, 3.05) is 23.7 Å². The van der Waals surface area contributed by atoms with Crippen LogP contribution in [-0.2, 0) is 12.8 Å². The van der Waals surface area contributed by atoms with E-state index in [2.05, 4.69) is 54.3 Å². The van der Waals surface area contributed by atoms with Gasteiger partial charge in [-0.3, -0.25) is 0 Å². The molecule has 1 aliphatic rings. The van der Waals surface area contributed by atoms with Gasteiger partial charge in [-0.05, 0) is 60.9 Å². The number of hydrogen-bond donors (Lipinski definition) is 1. The molecule has 2 heteroatoms. The third-order valence-corrected chi connectivity index (χ3v) is 4.63. The Hall–Kier alpha value is -1.96. The molecule has 0 amide bonds. The molecular weight excluding hydrogens is 268 g/mol. The van der Waals surface area contributed by atoms with Crippen LogP contribution in [-0.4, -0.2) is 13.1 Å². The van der Waals surface area contributed by atoms with Crippen molar-refractivity contribution in [3.63, 3.8) is 0 Å². The van der Waals surface area contributed by atoms with Crippen LogP contribution in [0.5, 0.6) is 0 Å². The normalized spacial score (nSPS) is 15.0. The SMILES string of the molecule is CCc1ccc(Cc2ccc(N3CCCCC3)c(N)c2)cc1. The van der Waals surface area contributed by atoms with E-state index in [1.807, 2.05) is 0 Å². The quantitative estimate of drug-likeness (QED) is 0.846. The third-order valence-electron chi connectivity index (χ3n) is 4.63. The van der Waals surface area contributed by atoms with Gasteiger partial charge in [0.05, 0.1) is 11.4 Å². The predicted octanol–water partition coefficient (Wildman–Crippen LogP) is 4.41. The molecule has 0 bridgehead atoms. The van der Waals surface area contributed by atoms with E-state index in [-0.39, 0.29) is 0 Å². The summed E-state index contributed by atoms with van der Waals surface area (Å²) in [6.45, 7) is 4.47. The van der Waals surface area contributed by atoms with Gasteiger partial charge in [-0.15, -0.1) is 0 Å². The van der Waals surface area contributed by atoms with Gasteiger partial charge in [0, 0.05) is 13.1 Å². The lowest BCUT2D eigenvalue weighted by Gasteiger charge is -2.30. The Bertz CT molecular complexity index is 610. The van der Waals surface area contributed by atoms with Crippen LogP contribution in [0.4, 0.5) is 11.4 Å². The summed E-state index contributed by atoms with van der Waals surface area (Å²) in [6.07, 6.45) is 5.96. The Morgan fingerprint density at radius 1 is 0.864 bits per heavy atom. The van der Waals surface area contributed by atoms with Crippen molar-refractivity contribution in [3.8, 4) is 0 Å². The van der Waals surface area contributed by atoms with Crippen LogP contribution in [0, 0.1) is 0 Å². The Morgan fingerprint density at radius 2 is 1.50 bits per heavy atom. The smallest absolute Gasteiger partial charge is 0.0600 e. The van der Waals surface area contributed by atoms with E-state index < -0.39 is 0 Å². The maximum atomic E-state index is 6.31. The average Bonchev–Trinajstić information content (AvgIpc) is 2.56. The lowest BCUT2D eigenvalue weighted by atomic mass is 10.0. The fourth-order valence-electron chi connectivity index (χ4n) is 3.27. The highest BCUT2D eigenvalue weighted by atomic mass is 15.1. The van der Waals surface area contributed by atoms with Gasteiger partial charge < -0.3 is 10.6 Å². The molecule has 3 rings (SSSR count). The second kappa shape index (κ2) is 6.87. The van der Waals surface area contributed by atoms with Gasteiger partial charge in [-0.25, -0.2) is 0 Å². The minimum atomic E-state index is 0.921. The van der Waals surface area contributed by atoms with Crippen LogP contribution in [0.15, 0.2) is 42.5 Å². The van der Waals surface area contributed by atoms with Crippen LogP contribution in [0.2, 0.25) is 0 Å². The van der Waals surface area contributed by atoms with E-state index in [4.69, 9.17) is 5.73 Å². The van der Waals surface area contributed by atoms with Crippen molar-refractivity contribution in [2.24, 2.45) is 0 Å². The van der Waals surface area contributed by atoms with E-state index in [1.54, 1.807) is 0 Å². The van der Waals surface area contributed by atoms with Gasteiger partial charge >= 0.3 is 0 Å². The van der Waals surface area contributed by atoms with E-state index in [9.17, 15) is 0 Å². The summed E-state index contributed by atoms with van der Waals surface area (Å²) in [7, 11) is 0. The monoisotopic (exact) mass is 294 g/mol. The maximum Gasteiger partial charge on any atom is 0.0600 e. The molecule has 0 aromatic heterocycles. The van der Waals surface area contributed by atoms with Crippen molar-refractivity contribution in [1.29, 1.82) is 0 Å². The minimum absolute atomic E-state index is 0.921. The maximum absolute atomic E-state index is 6.31. The minimum Gasteiger partial charge on any atom is -0.397 e. The molecule has 0 spiro atoms. The second-order valence-electron chi connectivity index (χ2n) is 6.29. The molecule has 2 nitrogen and oxygen atoms in total. The molecule has 2 N–H and O–H groups in total. The fourth-order valence-corrected chi connectivity index (χ4v) is 3.27. The first-order valence-electron chi connectivity index (χ1n) is 8.47. The summed E-state index contributed by atoms with van der Waals surface area (Å²) in [5.74, 6) is 0. The summed E-state index contributed by atoms with van der Waals surface area (Å²) in [6, 6.07) is 15.5. The first kappa shape index (κ1) is 15.0. The molecule has 0 saturated carbocycles. The molecule has 1 fully saturated rings. The van der Waals surface area contributed by atoms with Crippen LogP contribution >= 0.6 is 0 Å². The van der Waals surface area contributed by atoms with Gasteiger partial charge in [-0.2, -0.15) is 0 Å². The lowest BCUT2D eigenvalue weighted by Crippen LogP contribution is -2.30.